The minimum absolute atomic E-state index is 0.596. The summed E-state index contributed by atoms with van der Waals surface area (Å²) in [6.45, 7) is 8.78. The molecule has 0 saturated heterocycles. The Bertz CT molecular complexity index is 527. The van der Waals surface area contributed by atoms with E-state index in [0.29, 0.717) is 5.69 Å². The van der Waals surface area contributed by atoms with Crippen molar-refractivity contribution in [3.63, 3.8) is 0 Å². The smallest absolute Gasteiger partial charge is 0.208 e. The van der Waals surface area contributed by atoms with Crippen molar-refractivity contribution in [2.45, 2.75) is 6.92 Å². The first kappa shape index (κ1) is 10.2. The van der Waals surface area contributed by atoms with E-state index in [1.165, 1.54) is 0 Å². The number of nitrogens with one attached hydrogen (secondary N) is 1. The lowest BCUT2D eigenvalue weighted by Crippen LogP contribution is -1.94. The Balaban J connectivity index is 2.24. The fraction of sp³-hybridized carbons (Fsp3) is 0.0769. The van der Waals surface area contributed by atoms with Gasteiger partial charge in [-0.05, 0) is 25.1 Å². The van der Waals surface area contributed by atoms with Gasteiger partial charge in [-0.15, -0.1) is 0 Å². The summed E-state index contributed by atoms with van der Waals surface area (Å²) >= 11 is 0. The van der Waals surface area contributed by atoms with Crippen molar-refractivity contribution in [3.05, 3.63) is 59.6 Å². The van der Waals surface area contributed by atoms with Crippen LogP contribution in [-0.2, 0) is 0 Å². The molecule has 0 aliphatic heterocycles. The summed E-state index contributed by atoms with van der Waals surface area (Å²) < 4.78 is 0. The summed E-state index contributed by atoms with van der Waals surface area (Å²) in [6, 6.07) is 13.4. The van der Waals surface area contributed by atoms with E-state index in [9.17, 15) is 0 Å². The maximum Gasteiger partial charge on any atom is 0.208 e. The van der Waals surface area contributed by atoms with Crippen LogP contribution < -0.4 is 5.32 Å². The third-order valence-corrected chi connectivity index (χ3v) is 2.22. The maximum absolute atomic E-state index is 6.94. The van der Waals surface area contributed by atoms with Crippen LogP contribution in [-0.4, -0.2) is 4.98 Å². The highest BCUT2D eigenvalue weighted by Crippen LogP contribution is 2.20. The predicted molar refractivity (Wildman–Crippen MR) is 65.0 cm³/mol. The van der Waals surface area contributed by atoms with Gasteiger partial charge in [0.1, 0.15) is 5.82 Å². The average molecular weight is 209 g/mol. The first-order valence-electron chi connectivity index (χ1n) is 4.97. The number of hydrogen-bond acceptors (Lipinski definition) is 2. The molecule has 0 aliphatic rings. The first-order chi connectivity index (χ1) is 7.79. The van der Waals surface area contributed by atoms with Gasteiger partial charge in [-0.2, -0.15) is 0 Å². The monoisotopic (exact) mass is 209 g/mol. The van der Waals surface area contributed by atoms with Crippen molar-refractivity contribution < 1.29 is 0 Å². The quantitative estimate of drug-likeness (QED) is 0.764. The number of benzene rings is 1. The Morgan fingerprint density at radius 1 is 1.12 bits per heavy atom. The Kier molecular flexibility index (Phi) is 2.84. The van der Waals surface area contributed by atoms with Crippen LogP contribution in [0.2, 0.25) is 0 Å². The molecule has 0 aliphatic carbocycles. The van der Waals surface area contributed by atoms with E-state index in [-0.39, 0.29) is 0 Å². The second-order valence-electron chi connectivity index (χ2n) is 3.40. The Morgan fingerprint density at radius 3 is 2.50 bits per heavy atom. The summed E-state index contributed by atoms with van der Waals surface area (Å²) in [5.41, 5.74) is 2.33. The highest BCUT2D eigenvalue weighted by Gasteiger charge is 2.00. The van der Waals surface area contributed by atoms with Crippen LogP contribution in [0.25, 0.3) is 4.85 Å². The van der Waals surface area contributed by atoms with Crippen molar-refractivity contribution in [2.75, 3.05) is 5.32 Å². The van der Waals surface area contributed by atoms with Crippen molar-refractivity contribution in [3.8, 4) is 0 Å². The number of hydrogen-bond donors (Lipinski definition) is 1. The Labute approximate surface area is 94.6 Å². The summed E-state index contributed by atoms with van der Waals surface area (Å²) in [4.78, 5) is 7.69. The molecule has 3 nitrogen and oxygen atoms in total. The van der Waals surface area contributed by atoms with Crippen molar-refractivity contribution >= 4 is 17.2 Å². The highest BCUT2D eigenvalue weighted by atomic mass is 15.0. The molecule has 1 N–H and O–H groups in total. The van der Waals surface area contributed by atoms with Crippen LogP contribution in [0, 0.1) is 13.5 Å². The molecular weight excluding hydrogens is 198 g/mol. The van der Waals surface area contributed by atoms with Crippen molar-refractivity contribution in [2.24, 2.45) is 0 Å². The van der Waals surface area contributed by atoms with E-state index in [1.807, 2.05) is 43.3 Å². The van der Waals surface area contributed by atoms with Gasteiger partial charge in [0.15, 0.2) is 0 Å². The first-order valence-corrected chi connectivity index (χ1v) is 4.97. The lowest BCUT2D eigenvalue weighted by Gasteiger charge is -2.06. The fourth-order valence-electron chi connectivity index (χ4n) is 1.41. The van der Waals surface area contributed by atoms with Crippen LogP contribution >= 0.6 is 0 Å². The van der Waals surface area contributed by atoms with Crippen molar-refractivity contribution in [1.29, 1.82) is 0 Å². The van der Waals surface area contributed by atoms with Gasteiger partial charge in [0.05, 0.1) is 6.57 Å². The van der Waals surface area contributed by atoms with Gasteiger partial charge in [0.25, 0.3) is 0 Å². The van der Waals surface area contributed by atoms with Crippen LogP contribution in [0.1, 0.15) is 5.69 Å². The third kappa shape index (κ3) is 2.18. The van der Waals surface area contributed by atoms with E-state index < -0.39 is 0 Å². The Morgan fingerprint density at radius 2 is 1.88 bits per heavy atom. The minimum atomic E-state index is 0.596. The van der Waals surface area contributed by atoms with Crippen molar-refractivity contribution in [1.82, 2.24) is 4.98 Å². The van der Waals surface area contributed by atoms with Gasteiger partial charge in [0, 0.05) is 11.4 Å². The predicted octanol–water partition coefficient (Wildman–Crippen LogP) is 3.68. The Hall–Kier alpha value is -2.34. The van der Waals surface area contributed by atoms with Gasteiger partial charge in [-0.3, -0.25) is 0 Å². The summed E-state index contributed by atoms with van der Waals surface area (Å²) in [7, 11) is 0. The molecule has 1 heterocycles. The second kappa shape index (κ2) is 4.45. The molecule has 0 spiro atoms. The standard InChI is InChI=1S/C13H11N3/c1-10-12(14-2)8-9-13(15-10)16-11-6-4-3-5-7-11/h3-9H,1H3,(H,15,16). The molecule has 0 amide bonds. The molecule has 0 fully saturated rings. The van der Waals surface area contributed by atoms with Crippen LogP contribution in [0.15, 0.2) is 42.5 Å². The second-order valence-corrected chi connectivity index (χ2v) is 3.40. The normalized spacial score (nSPS) is 9.50. The zero-order valence-corrected chi connectivity index (χ0v) is 8.94. The van der Waals surface area contributed by atoms with E-state index >= 15 is 0 Å². The lowest BCUT2D eigenvalue weighted by atomic mass is 10.3. The number of nitrogens with zero attached hydrogens (tertiary/aromatic N) is 2. The summed E-state index contributed by atoms with van der Waals surface area (Å²) in [5, 5.41) is 3.18. The van der Waals surface area contributed by atoms with Crippen LogP contribution in [0.5, 0.6) is 0 Å². The van der Waals surface area contributed by atoms with E-state index in [0.717, 1.165) is 17.2 Å². The molecule has 1 aromatic carbocycles. The average Bonchev–Trinajstić information content (AvgIpc) is 2.31. The molecule has 1 aromatic heterocycles. The number of rotatable bonds is 2. The van der Waals surface area contributed by atoms with Gasteiger partial charge in [-0.1, -0.05) is 24.3 Å². The van der Waals surface area contributed by atoms with Gasteiger partial charge >= 0.3 is 0 Å². The van der Waals surface area contributed by atoms with Gasteiger partial charge < -0.3 is 5.32 Å². The maximum atomic E-state index is 6.94. The van der Waals surface area contributed by atoms with Gasteiger partial charge in [0.2, 0.25) is 5.69 Å². The topological polar surface area (TPSA) is 29.3 Å². The molecular formula is C13H11N3. The van der Waals surface area contributed by atoms with E-state index in [1.54, 1.807) is 6.07 Å². The van der Waals surface area contributed by atoms with E-state index in [4.69, 9.17) is 6.57 Å². The summed E-state index contributed by atoms with van der Waals surface area (Å²) in [5.74, 6) is 0.760. The zero-order chi connectivity index (χ0) is 11.4. The molecule has 0 atom stereocenters. The van der Waals surface area contributed by atoms with Crippen LogP contribution in [0.4, 0.5) is 17.2 Å². The molecule has 0 unspecified atom stereocenters. The lowest BCUT2D eigenvalue weighted by molar-refractivity contribution is 1.21. The van der Waals surface area contributed by atoms with Gasteiger partial charge in [-0.25, -0.2) is 9.83 Å². The minimum Gasteiger partial charge on any atom is -0.340 e. The number of aromatic nitrogens is 1. The van der Waals surface area contributed by atoms with E-state index in [2.05, 4.69) is 15.1 Å². The molecule has 3 heteroatoms. The molecule has 78 valence electrons. The highest BCUT2D eigenvalue weighted by molar-refractivity contribution is 5.59. The third-order valence-electron chi connectivity index (χ3n) is 2.22. The van der Waals surface area contributed by atoms with Crippen LogP contribution in [0.3, 0.4) is 0 Å². The molecule has 2 aromatic rings. The number of para-hydroxylation sites is 1. The number of anilines is 2. The molecule has 0 bridgehead atoms. The number of pyridine rings is 1. The molecule has 0 saturated carbocycles. The zero-order valence-electron chi connectivity index (χ0n) is 8.94. The molecule has 2 rings (SSSR count). The molecule has 0 radical (unpaired) electrons. The largest absolute Gasteiger partial charge is 0.340 e. The SMILES string of the molecule is [C-]#[N+]c1ccc(Nc2ccccc2)nc1C. The fourth-order valence-corrected chi connectivity index (χ4v) is 1.41. The number of aryl methyl sites for hydroxylation is 1. The summed E-state index contributed by atoms with van der Waals surface area (Å²) in [6.07, 6.45) is 0. The molecule has 16 heavy (non-hydrogen) atoms.